The summed E-state index contributed by atoms with van der Waals surface area (Å²) in [5.41, 5.74) is 14.8. The first-order valence-corrected chi connectivity index (χ1v) is 16.4. The van der Waals surface area contributed by atoms with Crippen molar-refractivity contribution in [2.45, 2.75) is 89.3 Å². The van der Waals surface area contributed by atoms with Crippen molar-refractivity contribution in [3.63, 3.8) is 0 Å². The van der Waals surface area contributed by atoms with E-state index < -0.39 is 42.2 Å². The molecule has 0 saturated heterocycles. The molecule has 0 aliphatic carbocycles. The molecule has 47 heavy (non-hydrogen) atoms. The minimum absolute atomic E-state index is 0.0627. The van der Waals surface area contributed by atoms with Crippen LogP contribution in [-0.2, 0) is 33.8 Å². The van der Waals surface area contributed by atoms with Gasteiger partial charge in [0.05, 0.1) is 6.04 Å². The van der Waals surface area contributed by atoms with E-state index in [0.29, 0.717) is 45.2 Å². The third-order valence-electron chi connectivity index (χ3n) is 7.83. The van der Waals surface area contributed by atoms with Gasteiger partial charge >= 0.3 is 0 Å². The van der Waals surface area contributed by atoms with Gasteiger partial charge in [-0.2, -0.15) is 0 Å². The van der Waals surface area contributed by atoms with E-state index in [-0.39, 0.29) is 18.2 Å². The molecular weight excluding hydrogens is 594 g/mol. The van der Waals surface area contributed by atoms with E-state index in [1.807, 2.05) is 86.6 Å². The fourth-order valence-corrected chi connectivity index (χ4v) is 5.23. The monoisotopic (exact) mass is 645 g/mol. The number of hydrogen-bond acceptors (Lipinski definition) is 8. The number of nitrogens with two attached hydrogens (primary N) is 2. The molecule has 3 aromatic rings. The maximum absolute atomic E-state index is 13.8. The highest BCUT2D eigenvalue weighted by Gasteiger charge is 2.31. The Morgan fingerprint density at radius 1 is 0.745 bits per heavy atom. The van der Waals surface area contributed by atoms with Crippen molar-refractivity contribution in [2.75, 3.05) is 6.54 Å². The highest BCUT2D eigenvalue weighted by molar-refractivity contribution is 5.93. The van der Waals surface area contributed by atoms with Gasteiger partial charge in [-0.15, -0.1) is 0 Å². The Hall–Kier alpha value is -4.16. The zero-order valence-corrected chi connectivity index (χ0v) is 27.5. The molecule has 0 aliphatic heterocycles. The van der Waals surface area contributed by atoms with E-state index in [2.05, 4.69) is 26.3 Å². The van der Waals surface area contributed by atoms with Crippen LogP contribution in [0.3, 0.4) is 0 Å². The number of aromatic nitrogens is 1. The molecule has 3 rings (SSSR count). The number of rotatable bonds is 20. The normalized spacial score (nSPS) is 14.4. The fourth-order valence-electron chi connectivity index (χ4n) is 5.23. The smallest absolute Gasteiger partial charge is 0.243 e. The highest BCUT2D eigenvalue weighted by atomic mass is 16.3. The van der Waals surface area contributed by atoms with Gasteiger partial charge in [-0.3, -0.25) is 24.7 Å². The van der Waals surface area contributed by atoms with E-state index in [1.54, 1.807) is 12.4 Å². The van der Waals surface area contributed by atoms with Gasteiger partial charge in [-0.25, -0.2) is 0 Å². The van der Waals surface area contributed by atoms with Gasteiger partial charge in [0, 0.05) is 25.0 Å². The van der Waals surface area contributed by atoms with E-state index in [0.717, 1.165) is 16.7 Å². The quantitative estimate of drug-likeness (QED) is 0.0718. The first-order valence-electron chi connectivity index (χ1n) is 16.4. The topological polar surface area (TPSA) is 184 Å². The molecule has 11 heteroatoms. The van der Waals surface area contributed by atoms with Crippen molar-refractivity contribution in [3.8, 4) is 0 Å². The summed E-state index contributed by atoms with van der Waals surface area (Å²) in [7, 11) is 0. The SMILES string of the molecule is CC(C)C[C@@H](NC(=O)[C@@H](Cc1ccccc1)NC(O)[C@H](N)Cc1ccccc1)C(=O)N[C@H](CCCCN)C(=O)NCc1ccncc1. The number of hydrogen-bond donors (Lipinski definition) is 7. The van der Waals surface area contributed by atoms with Crippen molar-refractivity contribution in [1.82, 2.24) is 26.3 Å². The predicted octanol–water partition coefficient (Wildman–Crippen LogP) is 1.93. The number of aliphatic hydroxyl groups excluding tert-OH is 1. The first-order chi connectivity index (χ1) is 22.7. The van der Waals surface area contributed by atoms with Crippen molar-refractivity contribution < 1.29 is 19.5 Å². The molecular formula is C36H51N7O4. The molecule has 1 aromatic heterocycles. The van der Waals surface area contributed by atoms with Gasteiger partial charge in [0.25, 0.3) is 0 Å². The second-order valence-corrected chi connectivity index (χ2v) is 12.3. The van der Waals surface area contributed by atoms with Crippen LogP contribution in [0, 0.1) is 5.92 Å². The number of benzene rings is 2. The number of pyridine rings is 1. The summed E-state index contributed by atoms with van der Waals surface area (Å²) >= 11 is 0. The molecule has 0 aliphatic rings. The maximum atomic E-state index is 13.8. The Bertz CT molecular complexity index is 1350. The zero-order valence-electron chi connectivity index (χ0n) is 27.5. The van der Waals surface area contributed by atoms with Crippen LogP contribution in [0.5, 0.6) is 0 Å². The number of carbonyl (C=O) groups excluding carboxylic acids is 3. The van der Waals surface area contributed by atoms with Gasteiger partial charge in [-0.05, 0) is 79.8 Å². The Labute approximate surface area is 278 Å². The number of carbonyl (C=O) groups is 3. The summed E-state index contributed by atoms with van der Waals surface area (Å²) in [6, 6.07) is 19.3. The molecule has 9 N–H and O–H groups in total. The lowest BCUT2D eigenvalue weighted by atomic mass is 9.99. The van der Waals surface area contributed by atoms with E-state index in [1.165, 1.54) is 0 Å². The highest BCUT2D eigenvalue weighted by Crippen LogP contribution is 2.11. The van der Waals surface area contributed by atoms with Gasteiger partial charge in [-0.1, -0.05) is 74.5 Å². The molecule has 0 spiro atoms. The summed E-state index contributed by atoms with van der Waals surface area (Å²) in [6.07, 6.45) is 4.88. The van der Waals surface area contributed by atoms with Crippen LogP contribution in [0.25, 0.3) is 0 Å². The van der Waals surface area contributed by atoms with E-state index in [4.69, 9.17) is 11.5 Å². The largest absolute Gasteiger partial charge is 0.377 e. The molecule has 2 aromatic carbocycles. The molecule has 5 atom stereocenters. The number of nitrogens with zero attached hydrogens (tertiary/aromatic N) is 1. The second kappa shape index (κ2) is 20.2. The molecule has 11 nitrogen and oxygen atoms in total. The lowest BCUT2D eigenvalue weighted by Crippen LogP contribution is -2.59. The second-order valence-electron chi connectivity index (χ2n) is 12.3. The summed E-state index contributed by atoms with van der Waals surface area (Å²) in [4.78, 5) is 44.8. The lowest BCUT2D eigenvalue weighted by Gasteiger charge is -2.29. The number of nitrogens with one attached hydrogen (secondary N) is 4. The molecule has 254 valence electrons. The van der Waals surface area contributed by atoms with Crippen molar-refractivity contribution in [2.24, 2.45) is 17.4 Å². The summed E-state index contributed by atoms with van der Waals surface area (Å²) in [6.45, 7) is 4.68. The van der Waals surface area contributed by atoms with Gasteiger partial charge in [0.15, 0.2) is 0 Å². The molecule has 0 bridgehead atoms. The third-order valence-corrected chi connectivity index (χ3v) is 7.83. The van der Waals surface area contributed by atoms with E-state index >= 15 is 0 Å². The predicted molar refractivity (Wildman–Crippen MR) is 184 cm³/mol. The van der Waals surface area contributed by atoms with Crippen LogP contribution in [0.15, 0.2) is 85.2 Å². The zero-order chi connectivity index (χ0) is 34.0. The third kappa shape index (κ3) is 13.6. The maximum Gasteiger partial charge on any atom is 0.243 e. The number of unbranched alkanes of at least 4 members (excludes halogenated alkanes) is 1. The Morgan fingerprint density at radius 2 is 1.32 bits per heavy atom. The number of amides is 3. The molecule has 1 unspecified atom stereocenters. The van der Waals surface area contributed by atoms with Gasteiger partial charge in [0.2, 0.25) is 17.7 Å². The Balaban J connectivity index is 1.74. The van der Waals surface area contributed by atoms with Crippen molar-refractivity contribution in [3.05, 3.63) is 102 Å². The average molecular weight is 646 g/mol. The van der Waals surface area contributed by atoms with Crippen LogP contribution in [-0.4, -0.2) is 64.8 Å². The average Bonchev–Trinajstić information content (AvgIpc) is 3.07. The van der Waals surface area contributed by atoms with Crippen LogP contribution >= 0.6 is 0 Å². The summed E-state index contributed by atoms with van der Waals surface area (Å²) in [5, 5.41) is 22.7. The Kier molecular flexibility index (Phi) is 16.0. The number of aliphatic hydroxyl groups is 1. The van der Waals surface area contributed by atoms with Gasteiger partial charge in [0.1, 0.15) is 18.3 Å². The van der Waals surface area contributed by atoms with Crippen molar-refractivity contribution in [1.29, 1.82) is 0 Å². The van der Waals surface area contributed by atoms with Crippen LogP contribution in [0.4, 0.5) is 0 Å². The van der Waals surface area contributed by atoms with Crippen LogP contribution in [0.2, 0.25) is 0 Å². The van der Waals surface area contributed by atoms with Crippen LogP contribution < -0.4 is 32.7 Å². The standard InChI is InChI=1S/C36H51N7O4/c1-25(2)21-31(35(46)41-30(15-9-10-18-37)34(45)40-24-28-16-19-39-20-17-28)43-36(47)32(23-27-13-7-4-8-14-27)42-33(44)29(38)22-26-11-5-3-6-12-26/h3-8,11-14,16-17,19-20,25,29-33,42,44H,9-10,15,18,21-24,37-38H2,1-2H3,(H,40,45)(H,41,46)(H,43,47)/t29-,30-,31-,32-,33?/m1/s1. The molecule has 1 heterocycles. The summed E-state index contributed by atoms with van der Waals surface area (Å²) < 4.78 is 0. The van der Waals surface area contributed by atoms with Crippen molar-refractivity contribution >= 4 is 17.7 Å². The minimum Gasteiger partial charge on any atom is -0.377 e. The molecule has 0 saturated carbocycles. The minimum atomic E-state index is -1.19. The molecule has 0 fully saturated rings. The first kappa shape index (κ1) is 37.3. The molecule has 3 amide bonds. The lowest BCUT2D eigenvalue weighted by molar-refractivity contribution is -0.133. The van der Waals surface area contributed by atoms with E-state index in [9.17, 15) is 19.5 Å². The molecule has 0 radical (unpaired) electrons. The van der Waals surface area contributed by atoms with Crippen LogP contribution in [0.1, 0.15) is 56.2 Å². The fraction of sp³-hybridized carbons (Fsp3) is 0.444. The summed E-state index contributed by atoms with van der Waals surface area (Å²) in [5.74, 6) is -1.17. The Morgan fingerprint density at radius 3 is 1.91 bits per heavy atom. The van der Waals surface area contributed by atoms with Gasteiger partial charge < -0.3 is 32.5 Å².